The van der Waals surface area contributed by atoms with Crippen molar-refractivity contribution in [3.63, 3.8) is 0 Å². The molecule has 20 heavy (non-hydrogen) atoms. The zero-order valence-corrected chi connectivity index (χ0v) is 13.7. The lowest BCUT2D eigenvalue weighted by Gasteiger charge is -2.21. The van der Waals surface area contributed by atoms with Gasteiger partial charge in [-0.25, -0.2) is 0 Å². The van der Waals surface area contributed by atoms with Gasteiger partial charge in [-0.05, 0) is 43.9 Å². The number of aryl methyl sites for hydroxylation is 1. The molecule has 1 nitrogen and oxygen atoms in total. The third-order valence-electron chi connectivity index (χ3n) is 3.62. The molecule has 0 radical (unpaired) electrons. The summed E-state index contributed by atoms with van der Waals surface area (Å²) in [6.45, 7) is 4.48. The normalized spacial score (nSPS) is 13.9. The van der Waals surface area contributed by atoms with Gasteiger partial charge in [0.25, 0.3) is 0 Å². The van der Waals surface area contributed by atoms with E-state index in [4.69, 9.17) is 0 Å². The van der Waals surface area contributed by atoms with Crippen LogP contribution in [0.15, 0.2) is 59.1 Å². The zero-order chi connectivity index (χ0) is 14.4. The van der Waals surface area contributed by atoms with Gasteiger partial charge >= 0.3 is 0 Å². The summed E-state index contributed by atoms with van der Waals surface area (Å²) < 4.78 is 1.18. The molecule has 0 saturated carbocycles. The molecule has 2 unspecified atom stereocenters. The van der Waals surface area contributed by atoms with E-state index < -0.39 is 0 Å². The van der Waals surface area contributed by atoms with Crippen LogP contribution in [-0.4, -0.2) is 6.04 Å². The number of benzene rings is 2. The first-order chi connectivity index (χ1) is 9.66. The molecule has 0 fully saturated rings. The second-order valence-corrected chi connectivity index (χ2v) is 6.19. The first-order valence-electron chi connectivity index (χ1n) is 7.21. The second-order valence-electron chi connectivity index (χ2n) is 5.34. The average molecular weight is 332 g/mol. The van der Waals surface area contributed by atoms with Gasteiger partial charge in [-0.15, -0.1) is 0 Å². The third kappa shape index (κ3) is 4.46. The fourth-order valence-electron chi connectivity index (χ4n) is 2.45. The first-order valence-corrected chi connectivity index (χ1v) is 8.00. The molecule has 0 aliphatic rings. The van der Waals surface area contributed by atoms with Gasteiger partial charge in [0, 0.05) is 16.6 Å². The van der Waals surface area contributed by atoms with Crippen molar-refractivity contribution in [1.29, 1.82) is 0 Å². The minimum Gasteiger partial charge on any atom is -0.308 e. The monoisotopic (exact) mass is 331 g/mol. The number of hydrogen-bond donors (Lipinski definition) is 1. The molecule has 0 aromatic heterocycles. The summed E-state index contributed by atoms with van der Waals surface area (Å²) in [6, 6.07) is 20.0. The number of rotatable bonds is 6. The molecule has 0 saturated heterocycles. The molecular weight excluding hydrogens is 310 g/mol. The number of hydrogen-bond acceptors (Lipinski definition) is 1. The Bertz CT molecular complexity index is 524. The van der Waals surface area contributed by atoms with E-state index in [1.165, 1.54) is 15.6 Å². The van der Waals surface area contributed by atoms with Gasteiger partial charge in [0.15, 0.2) is 0 Å². The molecule has 2 aromatic rings. The van der Waals surface area contributed by atoms with E-state index in [0.29, 0.717) is 12.1 Å². The lowest BCUT2D eigenvalue weighted by atomic mass is 10.0. The third-order valence-corrected chi connectivity index (χ3v) is 4.34. The van der Waals surface area contributed by atoms with Crippen LogP contribution in [0.1, 0.15) is 37.4 Å². The minimum absolute atomic E-state index is 0.358. The molecule has 2 heteroatoms. The van der Waals surface area contributed by atoms with Crippen molar-refractivity contribution >= 4 is 15.9 Å². The number of halogens is 1. The van der Waals surface area contributed by atoms with E-state index in [1.807, 2.05) is 0 Å². The standard InChI is InChI=1S/C18H22BrN/c1-14(12-13-16-8-4-3-5-9-16)20-15(2)17-10-6-7-11-18(17)19/h3-11,14-15,20H,12-13H2,1-2H3. The molecule has 2 rings (SSSR count). The van der Waals surface area contributed by atoms with Crippen LogP contribution in [-0.2, 0) is 6.42 Å². The molecule has 106 valence electrons. The molecule has 0 spiro atoms. The SMILES string of the molecule is CC(CCc1ccccc1)NC(C)c1ccccc1Br. The molecule has 0 heterocycles. The predicted molar refractivity (Wildman–Crippen MR) is 89.9 cm³/mol. The van der Waals surface area contributed by atoms with Crippen LogP contribution in [0.25, 0.3) is 0 Å². The van der Waals surface area contributed by atoms with Gasteiger partial charge in [0.2, 0.25) is 0 Å². The maximum Gasteiger partial charge on any atom is 0.0305 e. The van der Waals surface area contributed by atoms with Crippen LogP contribution in [0.5, 0.6) is 0 Å². The van der Waals surface area contributed by atoms with Crippen LogP contribution < -0.4 is 5.32 Å². The Morgan fingerprint density at radius 2 is 1.60 bits per heavy atom. The first kappa shape index (κ1) is 15.3. The van der Waals surface area contributed by atoms with Crippen molar-refractivity contribution in [2.75, 3.05) is 0 Å². The topological polar surface area (TPSA) is 12.0 Å². The smallest absolute Gasteiger partial charge is 0.0305 e. The summed E-state index contributed by atoms with van der Waals surface area (Å²) in [6.07, 6.45) is 2.27. The Balaban J connectivity index is 1.85. The fourth-order valence-corrected chi connectivity index (χ4v) is 3.08. The van der Waals surface area contributed by atoms with Crippen molar-refractivity contribution < 1.29 is 0 Å². The van der Waals surface area contributed by atoms with Crippen molar-refractivity contribution in [3.05, 3.63) is 70.2 Å². The largest absolute Gasteiger partial charge is 0.308 e. The molecular formula is C18H22BrN. The van der Waals surface area contributed by atoms with Crippen LogP contribution in [0.2, 0.25) is 0 Å². The van der Waals surface area contributed by atoms with Gasteiger partial charge in [-0.1, -0.05) is 64.5 Å². The van der Waals surface area contributed by atoms with E-state index in [9.17, 15) is 0 Å². The van der Waals surface area contributed by atoms with E-state index in [2.05, 4.69) is 89.7 Å². The summed E-state index contributed by atoms with van der Waals surface area (Å²) in [5.41, 5.74) is 2.73. The Kier molecular flexibility index (Phi) is 5.81. The second kappa shape index (κ2) is 7.61. The maximum absolute atomic E-state index is 3.68. The summed E-state index contributed by atoms with van der Waals surface area (Å²) in [5.74, 6) is 0. The summed E-state index contributed by atoms with van der Waals surface area (Å²) in [5, 5.41) is 3.68. The average Bonchev–Trinajstić information content (AvgIpc) is 2.46. The molecule has 2 atom stereocenters. The fraction of sp³-hybridized carbons (Fsp3) is 0.333. The van der Waals surface area contributed by atoms with Gasteiger partial charge in [-0.2, -0.15) is 0 Å². The molecule has 0 aliphatic heterocycles. The highest BCUT2D eigenvalue weighted by atomic mass is 79.9. The zero-order valence-electron chi connectivity index (χ0n) is 12.1. The lowest BCUT2D eigenvalue weighted by Crippen LogP contribution is -2.29. The molecule has 0 bridgehead atoms. The Morgan fingerprint density at radius 3 is 2.30 bits per heavy atom. The molecule has 1 N–H and O–H groups in total. The Hall–Kier alpha value is -1.12. The van der Waals surface area contributed by atoms with Crippen LogP contribution in [0, 0.1) is 0 Å². The molecule has 0 amide bonds. The van der Waals surface area contributed by atoms with Crippen molar-refractivity contribution in [2.24, 2.45) is 0 Å². The number of nitrogens with one attached hydrogen (secondary N) is 1. The van der Waals surface area contributed by atoms with Gasteiger partial charge in [0.1, 0.15) is 0 Å². The minimum atomic E-state index is 0.358. The quantitative estimate of drug-likeness (QED) is 0.774. The highest BCUT2D eigenvalue weighted by Gasteiger charge is 2.11. The van der Waals surface area contributed by atoms with Gasteiger partial charge in [-0.3, -0.25) is 0 Å². The van der Waals surface area contributed by atoms with Crippen LogP contribution in [0.4, 0.5) is 0 Å². The highest BCUT2D eigenvalue weighted by molar-refractivity contribution is 9.10. The van der Waals surface area contributed by atoms with E-state index in [0.717, 1.165) is 12.8 Å². The van der Waals surface area contributed by atoms with Crippen LogP contribution in [0.3, 0.4) is 0 Å². The molecule has 2 aromatic carbocycles. The maximum atomic E-state index is 3.68. The molecule has 0 aliphatic carbocycles. The summed E-state index contributed by atoms with van der Waals surface area (Å²) in [7, 11) is 0. The van der Waals surface area contributed by atoms with Gasteiger partial charge in [0.05, 0.1) is 0 Å². The Morgan fingerprint density at radius 1 is 0.950 bits per heavy atom. The van der Waals surface area contributed by atoms with E-state index in [1.54, 1.807) is 0 Å². The van der Waals surface area contributed by atoms with Crippen molar-refractivity contribution in [1.82, 2.24) is 5.32 Å². The highest BCUT2D eigenvalue weighted by Crippen LogP contribution is 2.23. The lowest BCUT2D eigenvalue weighted by molar-refractivity contribution is 0.455. The summed E-state index contributed by atoms with van der Waals surface area (Å²) in [4.78, 5) is 0. The van der Waals surface area contributed by atoms with Crippen molar-refractivity contribution in [3.8, 4) is 0 Å². The van der Waals surface area contributed by atoms with Crippen molar-refractivity contribution in [2.45, 2.75) is 38.8 Å². The van der Waals surface area contributed by atoms with E-state index >= 15 is 0 Å². The Labute approximate surface area is 130 Å². The van der Waals surface area contributed by atoms with Gasteiger partial charge < -0.3 is 5.32 Å². The predicted octanol–water partition coefficient (Wildman–Crippen LogP) is 5.12. The van der Waals surface area contributed by atoms with E-state index in [-0.39, 0.29) is 0 Å². The van der Waals surface area contributed by atoms with Crippen LogP contribution >= 0.6 is 15.9 Å². The summed E-state index contributed by atoms with van der Waals surface area (Å²) >= 11 is 3.62.